The average Bonchev–Trinajstić information content (AvgIpc) is 2.52. The van der Waals surface area contributed by atoms with E-state index in [0.29, 0.717) is 26.1 Å². The first-order valence-corrected chi connectivity index (χ1v) is 7.31. The summed E-state index contributed by atoms with van der Waals surface area (Å²) in [4.78, 5) is 23.2. The van der Waals surface area contributed by atoms with Crippen molar-refractivity contribution in [2.45, 2.75) is 19.3 Å². The summed E-state index contributed by atoms with van der Waals surface area (Å²) in [6.07, 6.45) is 1.24. The number of rotatable bonds is 10. The molecule has 6 nitrogen and oxygen atoms in total. The minimum Gasteiger partial charge on any atom is -0.496 e. The Balaban J connectivity index is 2.21. The molecule has 0 aliphatic rings. The molecule has 0 spiro atoms. The Hall–Kier alpha value is -2.08. The predicted molar refractivity (Wildman–Crippen MR) is 83.8 cm³/mol. The van der Waals surface area contributed by atoms with Gasteiger partial charge in [0.05, 0.1) is 7.11 Å². The van der Waals surface area contributed by atoms with Crippen LogP contribution in [0.15, 0.2) is 24.3 Å². The Morgan fingerprint density at radius 1 is 1.05 bits per heavy atom. The van der Waals surface area contributed by atoms with Gasteiger partial charge in [0.15, 0.2) is 0 Å². The van der Waals surface area contributed by atoms with E-state index in [4.69, 9.17) is 9.47 Å². The third-order valence-corrected chi connectivity index (χ3v) is 3.08. The van der Waals surface area contributed by atoms with Crippen LogP contribution in [0, 0.1) is 0 Å². The Morgan fingerprint density at radius 3 is 2.41 bits per heavy atom. The fourth-order valence-electron chi connectivity index (χ4n) is 1.96. The highest BCUT2D eigenvalue weighted by Gasteiger charge is 2.09. The lowest BCUT2D eigenvalue weighted by Crippen LogP contribution is -2.33. The summed E-state index contributed by atoms with van der Waals surface area (Å²) >= 11 is 0. The van der Waals surface area contributed by atoms with Gasteiger partial charge in [0.2, 0.25) is 11.8 Å². The van der Waals surface area contributed by atoms with E-state index in [9.17, 15) is 9.59 Å². The van der Waals surface area contributed by atoms with Gasteiger partial charge in [-0.05, 0) is 24.5 Å². The van der Waals surface area contributed by atoms with Crippen molar-refractivity contribution in [3.63, 3.8) is 0 Å². The first-order chi connectivity index (χ1) is 10.7. The molecule has 0 atom stereocenters. The molecule has 0 saturated heterocycles. The first-order valence-electron chi connectivity index (χ1n) is 7.31. The molecule has 0 aliphatic carbocycles. The molecule has 1 rings (SSSR count). The Bertz CT molecular complexity index is 477. The van der Waals surface area contributed by atoms with Crippen LogP contribution in [0.3, 0.4) is 0 Å². The zero-order chi connectivity index (χ0) is 16.2. The monoisotopic (exact) mass is 308 g/mol. The van der Waals surface area contributed by atoms with E-state index in [0.717, 1.165) is 17.7 Å². The topological polar surface area (TPSA) is 76.7 Å². The summed E-state index contributed by atoms with van der Waals surface area (Å²) < 4.78 is 10.1. The van der Waals surface area contributed by atoms with Crippen molar-refractivity contribution >= 4 is 11.8 Å². The maximum atomic E-state index is 11.7. The van der Waals surface area contributed by atoms with Crippen LogP contribution in [0.5, 0.6) is 5.75 Å². The number of para-hydroxylation sites is 1. The van der Waals surface area contributed by atoms with E-state index in [1.165, 1.54) is 0 Å². The highest BCUT2D eigenvalue weighted by Crippen LogP contribution is 2.17. The molecule has 0 radical (unpaired) electrons. The van der Waals surface area contributed by atoms with Gasteiger partial charge in [-0.3, -0.25) is 9.59 Å². The van der Waals surface area contributed by atoms with Crippen LogP contribution in [0.4, 0.5) is 0 Å². The molecule has 0 heterocycles. The molecule has 22 heavy (non-hydrogen) atoms. The van der Waals surface area contributed by atoms with E-state index in [2.05, 4.69) is 10.6 Å². The molecule has 6 heteroatoms. The van der Waals surface area contributed by atoms with Gasteiger partial charge in [-0.25, -0.2) is 0 Å². The van der Waals surface area contributed by atoms with Crippen molar-refractivity contribution in [3.8, 4) is 5.75 Å². The third-order valence-electron chi connectivity index (χ3n) is 3.08. The largest absolute Gasteiger partial charge is 0.496 e. The smallest absolute Gasteiger partial charge is 0.229 e. The second-order valence-electron chi connectivity index (χ2n) is 4.78. The van der Waals surface area contributed by atoms with Crippen LogP contribution >= 0.6 is 0 Å². The molecule has 0 fully saturated rings. The number of carbonyl (C=O) groups excluding carboxylic acids is 2. The lowest BCUT2D eigenvalue weighted by atomic mass is 10.1. The van der Waals surface area contributed by atoms with Crippen LogP contribution < -0.4 is 15.4 Å². The number of hydrogen-bond donors (Lipinski definition) is 2. The molecule has 122 valence electrons. The van der Waals surface area contributed by atoms with Crippen molar-refractivity contribution in [2.75, 3.05) is 33.9 Å². The van der Waals surface area contributed by atoms with Crippen LogP contribution in [0.1, 0.15) is 18.4 Å². The quantitative estimate of drug-likeness (QED) is 0.497. The van der Waals surface area contributed by atoms with Gasteiger partial charge in [0.1, 0.15) is 12.2 Å². The van der Waals surface area contributed by atoms with Crippen LogP contribution in [0.2, 0.25) is 0 Å². The fourth-order valence-corrected chi connectivity index (χ4v) is 1.96. The average molecular weight is 308 g/mol. The summed E-state index contributed by atoms with van der Waals surface area (Å²) in [5, 5.41) is 5.41. The van der Waals surface area contributed by atoms with Crippen molar-refractivity contribution in [1.29, 1.82) is 0 Å². The maximum Gasteiger partial charge on any atom is 0.229 e. The normalized spacial score (nSPS) is 10.1. The highest BCUT2D eigenvalue weighted by molar-refractivity contribution is 5.96. The zero-order valence-corrected chi connectivity index (χ0v) is 13.2. The molecule has 0 aliphatic heterocycles. The minimum atomic E-state index is -0.279. The Morgan fingerprint density at radius 2 is 1.73 bits per heavy atom. The molecule has 1 aromatic rings. The SMILES string of the molecule is COCCCNC(=O)CC(=O)NCCc1ccccc1OC. The number of carbonyl (C=O) groups is 2. The number of amides is 2. The standard InChI is InChI=1S/C16H24N2O4/c1-21-11-5-9-17-15(19)12-16(20)18-10-8-13-6-3-4-7-14(13)22-2/h3-4,6-7H,5,8-12H2,1-2H3,(H,17,19)(H,18,20). The third kappa shape index (κ3) is 7.08. The van der Waals surface area contributed by atoms with E-state index in [-0.39, 0.29) is 18.2 Å². The molecule has 1 aromatic carbocycles. The molecular formula is C16H24N2O4. The van der Waals surface area contributed by atoms with Crippen LogP contribution in [-0.2, 0) is 20.7 Å². The molecule has 0 bridgehead atoms. The molecule has 0 unspecified atom stereocenters. The molecular weight excluding hydrogens is 284 g/mol. The second-order valence-corrected chi connectivity index (χ2v) is 4.78. The predicted octanol–water partition coefficient (Wildman–Crippen LogP) is 0.897. The highest BCUT2D eigenvalue weighted by atomic mass is 16.5. The van der Waals surface area contributed by atoms with E-state index in [1.54, 1.807) is 14.2 Å². The lowest BCUT2D eigenvalue weighted by molar-refractivity contribution is -0.129. The summed E-state index contributed by atoms with van der Waals surface area (Å²) in [7, 11) is 3.22. The molecule has 2 N–H and O–H groups in total. The van der Waals surface area contributed by atoms with Gasteiger partial charge in [-0.1, -0.05) is 18.2 Å². The molecule has 2 amide bonds. The number of benzene rings is 1. The second kappa shape index (κ2) is 10.6. The van der Waals surface area contributed by atoms with Crippen LogP contribution in [-0.4, -0.2) is 45.7 Å². The van der Waals surface area contributed by atoms with E-state index in [1.807, 2.05) is 24.3 Å². The summed E-state index contributed by atoms with van der Waals surface area (Å²) in [5.74, 6) is 0.248. The molecule has 0 saturated carbocycles. The summed E-state index contributed by atoms with van der Waals surface area (Å²) in [5.41, 5.74) is 1.02. The van der Waals surface area contributed by atoms with Gasteiger partial charge in [-0.2, -0.15) is 0 Å². The van der Waals surface area contributed by atoms with Gasteiger partial charge in [0.25, 0.3) is 0 Å². The fraction of sp³-hybridized carbons (Fsp3) is 0.500. The van der Waals surface area contributed by atoms with Gasteiger partial charge >= 0.3 is 0 Å². The van der Waals surface area contributed by atoms with E-state index >= 15 is 0 Å². The van der Waals surface area contributed by atoms with Gasteiger partial charge in [0, 0.05) is 26.8 Å². The summed E-state index contributed by atoms with van der Waals surface area (Å²) in [6, 6.07) is 7.65. The van der Waals surface area contributed by atoms with Crippen molar-refractivity contribution in [2.24, 2.45) is 0 Å². The van der Waals surface area contributed by atoms with Crippen LogP contribution in [0.25, 0.3) is 0 Å². The summed E-state index contributed by atoms with van der Waals surface area (Å²) in [6.45, 7) is 1.57. The van der Waals surface area contributed by atoms with Gasteiger partial charge in [-0.15, -0.1) is 0 Å². The van der Waals surface area contributed by atoms with E-state index < -0.39 is 0 Å². The zero-order valence-electron chi connectivity index (χ0n) is 13.2. The lowest BCUT2D eigenvalue weighted by Gasteiger charge is -2.09. The van der Waals surface area contributed by atoms with Crippen molar-refractivity contribution in [1.82, 2.24) is 10.6 Å². The minimum absolute atomic E-state index is 0.154. The molecule has 0 aromatic heterocycles. The number of hydrogen-bond acceptors (Lipinski definition) is 4. The number of nitrogens with one attached hydrogen (secondary N) is 2. The maximum absolute atomic E-state index is 11.7. The van der Waals surface area contributed by atoms with Crippen molar-refractivity contribution in [3.05, 3.63) is 29.8 Å². The van der Waals surface area contributed by atoms with Gasteiger partial charge < -0.3 is 20.1 Å². The van der Waals surface area contributed by atoms with Crippen molar-refractivity contribution < 1.29 is 19.1 Å². The Kier molecular flexibility index (Phi) is 8.67. The first kappa shape index (κ1) is 18.0. The number of ether oxygens (including phenoxy) is 2. The Labute approximate surface area is 131 Å². The number of methoxy groups -OCH3 is 2.